The van der Waals surface area contributed by atoms with Gasteiger partial charge in [0.2, 0.25) is 11.8 Å². The largest absolute Gasteiger partial charge is 0.387 e. The average Bonchev–Trinajstić information content (AvgIpc) is 4.14. The van der Waals surface area contributed by atoms with E-state index in [0.717, 1.165) is 43.5 Å². The van der Waals surface area contributed by atoms with Gasteiger partial charge in [0, 0.05) is 39.0 Å². The highest BCUT2D eigenvalue weighted by Gasteiger charge is 2.46. The maximum absolute atomic E-state index is 12.8. The van der Waals surface area contributed by atoms with Crippen LogP contribution in [0.3, 0.4) is 0 Å². The summed E-state index contributed by atoms with van der Waals surface area (Å²) in [6.07, 6.45) is 3.74. The fourth-order valence-corrected chi connectivity index (χ4v) is 9.15. The minimum atomic E-state index is -1.21. The molecule has 26 nitrogen and oxygen atoms in total. The molecule has 0 aromatic carbocycles. The predicted octanol–water partition coefficient (Wildman–Crippen LogP) is -1.81. The van der Waals surface area contributed by atoms with E-state index in [1.54, 1.807) is 4.57 Å². The Balaban J connectivity index is 0.702. The van der Waals surface area contributed by atoms with Gasteiger partial charge >= 0.3 is 0 Å². The number of aliphatic hydroxyl groups is 4. The number of carbonyl (C=O) groups excluding carboxylic acids is 2. The first-order valence-electron chi connectivity index (χ1n) is 23.2. The summed E-state index contributed by atoms with van der Waals surface area (Å²) in [6, 6.07) is 0. The Kier molecular flexibility index (Phi) is 16.0. The van der Waals surface area contributed by atoms with Gasteiger partial charge in [-0.25, -0.2) is 34.6 Å². The van der Waals surface area contributed by atoms with Crippen molar-refractivity contribution in [3.8, 4) is 0 Å². The first-order chi connectivity index (χ1) is 32.9. The maximum atomic E-state index is 12.8. The van der Waals surface area contributed by atoms with E-state index in [1.165, 1.54) is 29.9 Å². The molecule has 1 aliphatic carbocycles. The van der Waals surface area contributed by atoms with Crippen molar-refractivity contribution in [1.82, 2.24) is 74.5 Å². The van der Waals surface area contributed by atoms with Crippen LogP contribution in [0, 0.1) is 0 Å². The fraction of sp³-hybridized carbons (Fsp3) is 0.667. The van der Waals surface area contributed by atoms with Crippen LogP contribution in [0.15, 0.2) is 25.3 Å². The van der Waals surface area contributed by atoms with Crippen LogP contribution in [-0.2, 0) is 36.8 Å². The lowest BCUT2D eigenvalue weighted by Gasteiger charge is -2.22. The van der Waals surface area contributed by atoms with E-state index in [9.17, 15) is 30.0 Å². The van der Waals surface area contributed by atoms with Crippen molar-refractivity contribution >= 4 is 45.8 Å². The lowest BCUT2D eigenvalue weighted by Crippen LogP contribution is -2.39. The number of hydrogen-bond acceptors (Lipinski definition) is 21. The highest BCUT2D eigenvalue weighted by atomic mass is 16.6. The van der Waals surface area contributed by atoms with Crippen molar-refractivity contribution in [2.45, 2.75) is 120 Å². The second kappa shape index (κ2) is 22.2. The van der Waals surface area contributed by atoms with Crippen LogP contribution in [0.5, 0.6) is 0 Å². The topological polar surface area (TPSA) is 343 Å². The lowest BCUT2D eigenvalue weighted by molar-refractivity contribution is -0.122. The molecule has 0 spiro atoms. The molecular formula is C42H63N17O9. The Labute approximate surface area is 391 Å². The smallest absolute Gasteiger partial charge is 0.220 e. The second-order valence-electron chi connectivity index (χ2n) is 17.8. The Morgan fingerprint density at radius 2 is 1.29 bits per heavy atom. The number of ether oxygens (including phenoxy) is 3. The van der Waals surface area contributed by atoms with Gasteiger partial charge in [0.05, 0.1) is 31.5 Å². The Morgan fingerprint density at radius 1 is 0.750 bits per heavy atom. The summed E-state index contributed by atoms with van der Waals surface area (Å²) in [6.45, 7) is 3.29. The van der Waals surface area contributed by atoms with Crippen molar-refractivity contribution < 1.29 is 44.2 Å². The Bertz CT molecular complexity index is 2470. The Hall–Kier alpha value is -5.58. The first-order valence-corrected chi connectivity index (χ1v) is 23.2. The summed E-state index contributed by atoms with van der Waals surface area (Å²) in [4.78, 5) is 54.2. The van der Waals surface area contributed by atoms with Crippen molar-refractivity contribution in [3.63, 3.8) is 0 Å². The number of hydrogen-bond donors (Lipinski definition) is 8. The molecule has 2 aliphatic heterocycles. The van der Waals surface area contributed by atoms with Crippen molar-refractivity contribution in [2.75, 3.05) is 71.4 Å². The maximum Gasteiger partial charge on any atom is 0.220 e. The van der Waals surface area contributed by atoms with E-state index >= 15 is 0 Å². The fourth-order valence-electron chi connectivity index (χ4n) is 9.15. The molecule has 1 unspecified atom stereocenters. The summed E-state index contributed by atoms with van der Waals surface area (Å²) in [5, 5.41) is 58.0. The summed E-state index contributed by atoms with van der Waals surface area (Å²) in [5.41, 5.74) is 15.1. The Morgan fingerprint density at radius 3 is 1.85 bits per heavy atom. The van der Waals surface area contributed by atoms with Crippen molar-refractivity contribution in [3.05, 3.63) is 36.7 Å². The van der Waals surface area contributed by atoms with Gasteiger partial charge in [-0.15, -0.1) is 5.10 Å². The number of carbonyl (C=O) groups is 2. The van der Waals surface area contributed by atoms with Crippen LogP contribution in [0.1, 0.15) is 81.3 Å². The molecule has 5 aromatic rings. The minimum absolute atomic E-state index is 0.0885. The van der Waals surface area contributed by atoms with Crippen molar-refractivity contribution in [2.24, 2.45) is 0 Å². The van der Waals surface area contributed by atoms with Crippen LogP contribution in [0.25, 0.3) is 22.3 Å². The van der Waals surface area contributed by atoms with E-state index < -0.39 is 49.1 Å². The third-order valence-corrected chi connectivity index (χ3v) is 12.8. The number of nitrogens with one attached hydrogen (secondary N) is 2. The van der Waals surface area contributed by atoms with Crippen LogP contribution in [0.4, 0.5) is 11.6 Å². The van der Waals surface area contributed by atoms with Crippen LogP contribution in [0.2, 0.25) is 0 Å². The standard InChI is InChI=1S/C42H63N17O9/c1-55(18-26-33(62)35(64)41(67-26)57-22-51-31-37(43)47-20-49-39(31)57)14-6-10-28(60)45-12-16-59-24-8-4-3-5-9-25(30(24)53-54-59)66-17-13-46-29(61)11-7-15-56(2)19-27-34(63)36(65)42(68-27)58-23-52-32-38(44)48-21-50-40(32)58/h20-23,25-27,33-36,41-42,62-65H,3-19H2,1-2H3,(H,45,60)(H,46,61)(H2,43,47,49)(H2,44,48,50)/t25?,26-,27-,33-,34-,35-,36-,41-,42-/m1/s1. The van der Waals surface area contributed by atoms with Crippen LogP contribution >= 0.6 is 0 Å². The highest BCUT2D eigenvalue weighted by molar-refractivity contribution is 5.82. The predicted molar refractivity (Wildman–Crippen MR) is 242 cm³/mol. The zero-order valence-electron chi connectivity index (χ0n) is 38.3. The summed E-state index contributed by atoms with van der Waals surface area (Å²) in [5.74, 6) is 0.224. The number of aromatic nitrogens is 11. The molecule has 2 amide bonds. The molecule has 26 heteroatoms. The molecule has 5 aromatic heterocycles. The molecule has 0 radical (unpaired) electrons. The molecule has 7 heterocycles. The molecule has 8 rings (SSSR count). The normalized spacial score (nSPS) is 25.3. The number of anilines is 2. The summed E-state index contributed by atoms with van der Waals surface area (Å²) in [7, 11) is 3.74. The molecule has 68 heavy (non-hydrogen) atoms. The highest BCUT2D eigenvalue weighted by Crippen LogP contribution is 2.34. The molecule has 370 valence electrons. The van der Waals surface area contributed by atoms with E-state index in [0.29, 0.717) is 100 Å². The second-order valence-corrected chi connectivity index (χ2v) is 17.8. The van der Waals surface area contributed by atoms with Gasteiger partial charge in [-0.2, -0.15) is 0 Å². The molecule has 2 saturated heterocycles. The third kappa shape index (κ3) is 11.1. The number of likely N-dealkylation sites (N-methyl/N-ethyl adjacent to an activating group) is 2. The quantitative estimate of drug-likeness (QED) is 0.0376. The van der Waals surface area contributed by atoms with Gasteiger partial charge in [0.15, 0.2) is 35.4 Å². The number of nitrogens with two attached hydrogens (primary N) is 2. The van der Waals surface area contributed by atoms with E-state index in [2.05, 4.69) is 50.8 Å². The number of rotatable bonds is 21. The molecule has 9 atom stereocenters. The van der Waals surface area contributed by atoms with Gasteiger partial charge in [-0.3, -0.25) is 18.7 Å². The van der Waals surface area contributed by atoms with Crippen molar-refractivity contribution in [1.29, 1.82) is 0 Å². The number of nitrogen functional groups attached to an aromatic ring is 2. The first kappa shape index (κ1) is 48.9. The number of aliphatic hydroxyl groups excluding tert-OH is 4. The SMILES string of the molecule is CN(CCCC(=O)NCCOC1CCCCCc2c1nnn2CCNC(=O)CCCN(C)C[C@H]1O[C@@H](n2cnc3c(N)ncnc32)[C@H](O)[C@@H]1O)C[C@H]1O[C@@H](n2cnc3c(N)ncnc32)[C@H](O)[C@@H]1O. The molecule has 0 bridgehead atoms. The van der Waals surface area contributed by atoms with E-state index in [4.69, 9.17) is 25.7 Å². The number of amides is 2. The van der Waals surface area contributed by atoms with Gasteiger partial charge in [-0.05, 0) is 59.3 Å². The molecule has 10 N–H and O–H groups in total. The molecular weight excluding hydrogens is 887 g/mol. The summed E-state index contributed by atoms with van der Waals surface area (Å²) >= 11 is 0. The molecule has 0 saturated carbocycles. The van der Waals surface area contributed by atoms with Crippen LogP contribution < -0.4 is 22.1 Å². The molecule has 3 aliphatic rings. The van der Waals surface area contributed by atoms with E-state index in [1.807, 2.05) is 28.6 Å². The zero-order chi connectivity index (χ0) is 47.9. The number of fused-ring (bicyclic) bond motifs is 3. The zero-order valence-corrected chi connectivity index (χ0v) is 38.3. The van der Waals surface area contributed by atoms with Gasteiger partial charge < -0.3 is 66.5 Å². The third-order valence-electron chi connectivity index (χ3n) is 12.8. The van der Waals surface area contributed by atoms with Gasteiger partial charge in [0.1, 0.15) is 72.1 Å². The minimum Gasteiger partial charge on any atom is -0.387 e. The average molecular weight is 950 g/mol. The number of imidazole rings is 2. The number of nitrogens with zero attached hydrogens (tertiary/aromatic N) is 13. The van der Waals surface area contributed by atoms with Crippen LogP contribution in [-0.4, -0.2) is 193 Å². The van der Waals surface area contributed by atoms with Gasteiger partial charge in [0.25, 0.3) is 0 Å². The molecule has 2 fully saturated rings. The van der Waals surface area contributed by atoms with E-state index in [-0.39, 0.29) is 29.6 Å². The summed E-state index contributed by atoms with van der Waals surface area (Å²) < 4.78 is 23.3. The monoisotopic (exact) mass is 949 g/mol. The lowest BCUT2D eigenvalue weighted by atomic mass is 9.99. The van der Waals surface area contributed by atoms with Gasteiger partial charge in [-0.1, -0.05) is 18.1 Å².